The van der Waals surface area contributed by atoms with Crippen LogP contribution in [0.15, 0.2) is 30.6 Å². The van der Waals surface area contributed by atoms with Gasteiger partial charge in [0.05, 0.1) is 12.3 Å². The van der Waals surface area contributed by atoms with Gasteiger partial charge in [-0.15, -0.1) is 0 Å². The zero-order valence-electron chi connectivity index (χ0n) is 15.5. The maximum Gasteiger partial charge on any atom is 0.227 e. The molecule has 4 rings (SSSR count). The number of piperazine rings is 1. The van der Waals surface area contributed by atoms with Gasteiger partial charge in [-0.2, -0.15) is 4.98 Å². The molecule has 2 fully saturated rings. The summed E-state index contributed by atoms with van der Waals surface area (Å²) in [5.74, 6) is 2.13. The van der Waals surface area contributed by atoms with Crippen LogP contribution in [-0.4, -0.2) is 64.9 Å². The van der Waals surface area contributed by atoms with E-state index in [4.69, 9.17) is 4.98 Å². The second kappa shape index (κ2) is 7.64. The molecular weight excluding hydrogens is 347 g/mol. The molecule has 0 aromatic carbocycles. The van der Waals surface area contributed by atoms with Gasteiger partial charge < -0.3 is 19.8 Å². The monoisotopic (exact) mass is 372 g/mol. The van der Waals surface area contributed by atoms with Crippen molar-refractivity contribution in [3.8, 4) is 0 Å². The Hall–Kier alpha value is -2.48. The number of aromatic nitrogens is 3. The normalized spacial score (nSPS) is 21.6. The summed E-state index contributed by atoms with van der Waals surface area (Å²) in [5.41, 5.74) is 0. The molecule has 0 saturated carbocycles. The maximum absolute atomic E-state index is 13.1. The molecule has 0 radical (unpaired) electrons. The van der Waals surface area contributed by atoms with Crippen LogP contribution in [0.25, 0.3) is 0 Å². The van der Waals surface area contributed by atoms with E-state index < -0.39 is 0 Å². The summed E-state index contributed by atoms with van der Waals surface area (Å²) in [6.45, 7) is 6.11. The van der Waals surface area contributed by atoms with Crippen molar-refractivity contribution >= 4 is 17.6 Å². The van der Waals surface area contributed by atoms with Crippen molar-refractivity contribution in [1.82, 2.24) is 15.0 Å². The zero-order chi connectivity index (χ0) is 18.8. The van der Waals surface area contributed by atoms with E-state index in [1.54, 1.807) is 12.3 Å². The molecule has 0 amide bonds. The maximum atomic E-state index is 13.1. The minimum atomic E-state index is -0.319. The lowest BCUT2D eigenvalue weighted by Crippen LogP contribution is -2.53. The van der Waals surface area contributed by atoms with E-state index >= 15 is 0 Å². The van der Waals surface area contributed by atoms with Crippen LogP contribution in [0.2, 0.25) is 0 Å². The molecule has 144 valence electrons. The molecular formula is C19H25FN6O. The summed E-state index contributed by atoms with van der Waals surface area (Å²) in [6, 6.07) is 5.32. The van der Waals surface area contributed by atoms with Crippen LogP contribution < -0.4 is 14.7 Å². The Bertz CT molecular complexity index is 765. The molecule has 4 heterocycles. The largest absolute Gasteiger partial charge is 0.393 e. The average molecular weight is 372 g/mol. The first-order valence-electron chi connectivity index (χ1n) is 9.49. The van der Waals surface area contributed by atoms with Gasteiger partial charge >= 0.3 is 0 Å². The second-order valence-corrected chi connectivity index (χ2v) is 7.26. The summed E-state index contributed by atoms with van der Waals surface area (Å²) < 4.78 is 13.1. The Labute approximate surface area is 158 Å². The second-order valence-electron chi connectivity index (χ2n) is 7.26. The molecule has 2 aromatic rings. The van der Waals surface area contributed by atoms with Gasteiger partial charge in [-0.25, -0.2) is 14.4 Å². The SMILES string of the molecule is CC1CN(c2nccc(N3CCC(O)CC3)n2)CCN1c1ccc(F)cn1. The number of nitrogens with zero attached hydrogens (tertiary/aromatic N) is 6. The van der Waals surface area contributed by atoms with E-state index in [0.717, 1.165) is 63.1 Å². The fourth-order valence-electron chi connectivity index (χ4n) is 3.78. The number of halogens is 1. The number of piperidine rings is 1. The fraction of sp³-hybridized carbons (Fsp3) is 0.526. The number of rotatable bonds is 3. The van der Waals surface area contributed by atoms with Crippen LogP contribution in [0.1, 0.15) is 19.8 Å². The van der Waals surface area contributed by atoms with E-state index in [-0.39, 0.29) is 18.0 Å². The molecule has 1 N–H and O–H groups in total. The third kappa shape index (κ3) is 3.95. The van der Waals surface area contributed by atoms with Crippen LogP contribution >= 0.6 is 0 Å². The Kier molecular flexibility index (Phi) is 5.07. The zero-order valence-corrected chi connectivity index (χ0v) is 15.5. The highest BCUT2D eigenvalue weighted by atomic mass is 19.1. The van der Waals surface area contributed by atoms with Crippen LogP contribution in [-0.2, 0) is 0 Å². The predicted octanol–water partition coefficient (Wildman–Crippen LogP) is 1.69. The first kappa shape index (κ1) is 17.9. The minimum absolute atomic E-state index is 0.198. The van der Waals surface area contributed by atoms with Crippen LogP contribution in [0.4, 0.5) is 22.0 Å². The predicted molar refractivity (Wildman–Crippen MR) is 103 cm³/mol. The molecule has 2 saturated heterocycles. The van der Waals surface area contributed by atoms with Gasteiger partial charge in [0.2, 0.25) is 5.95 Å². The molecule has 8 heteroatoms. The van der Waals surface area contributed by atoms with Crippen molar-refractivity contribution in [3.63, 3.8) is 0 Å². The van der Waals surface area contributed by atoms with Gasteiger partial charge in [-0.05, 0) is 38.0 Å². The van der Waals surface area contributed by atoms with Crippen LogP contribution in [0.3, 0.4) is 0 Å². The average Bonchev–Trinajstić information content (AvgIpc) is 2.69. The molecule has 2 aliphatic rings. The van der Waals surface area contributed by atoms with Crippen LogP contribution in [0.5, 0.6) is 0 Å². The number of aliphatic hydroxyl groups excluding tert-OH is 1. The summed E-state index contributed by atoms with van der Waals surface area (Å²) in [6.07, 6.45) is 4.42. The minimum Gasteiger partial charge on any atom is -0.393 e. The lowest BCUT2D eigenvalue weighted by Gasteiger charge is -2.40. The highest BCUT2D eigenvalue weighted by molar-refractivity contribution is 5.47. The number of aliphatic hydroxyl groups is 1. The number of hydrogen-bond acceptors (Lipinski definition) is 7. The Morgan fingerprint density at radius 3 is 2.52 bits per heavy atom. The van der Waals surface area contributed by atoms with Crippen molar-refractivity contribution in [2.75, 3.05) is 47.4 Å². The smallest absolute Gasteiger partial charge is 0.227 e. The summed E-state index contributed by atoms with van der Waals surface area (Å²) >= 11 is 0. The van der Waals surface area contributed by atoms with Gasteiger partial charge in [-0.1, -0.05) is 0 Å². The summed E-state index contributed by atoms with van der Waals surface area (Å²) in [4.78, 5) is 20.0. The van der Waals surface area contributed by atoms with Crippen molar-refractivity contribution in [2.45, 2.75) is 31.9 Å². The van der Waals surface area contributed by atoms with E-state index in [9.17, 15) is 9.50 Å². The lowest BCUT2D eigenvalue weighted by molar-refractivity contribution is 0.145. The summed E-state index contributed by atoms with van der Waals surface area (Å²) in [7, 11) is 0. The van der Waals surface area contributed by atoms with Crippen molar-refractivity contribution in [1.29, 1.82) is 0 Å². The third-order valence-corrected chi connectivity index (χ3v) is 5.33. The topological polar surface area (TPSA) is 68.6 Å². The quantitative estimate of drug-likeness (QED) is 0.879. The van der Waals surface area contributed by atoms with Crippen molar-refractivity contribution < 1.29 is 9.50 Å². The van der Waals surface area contributed by atoms with E-state index in [1.165, 1.54) is 12.3 Å². The van der Waals surface area contributed by atoms with Crippen LogP contribution in [0, 0.1) is 5.82 Å². The molecule has 0 spiro atoms. The molecule has 0 aliphatic carbocycles. The molecule has 2 aromatic heterocycles. The first-order valence-corrected chi connectivity index (χ1v) is 9.49. The Balaban J connectivity index is 1.44. The van der Waals surface area contributed by atoms with E-state index in [0.29, 0.717) is 0 Å². The lowest BCUT2D eigenvalue weighted by atomic mass is 10.1. The highest BCUT2D eigenvalue weighted by Crippen LogP contribution is 2.23. The molecule has 0 bridgehead atoms. The standard InChI is InChI=1S/C19H25FN6O/c1-14-13-25(10-11-26(14)17-3-2-15(20)12-22-17)19-21-7-4-18(23-19)24-8-5-16(27)6-9-24/h2-4,7,12,14,16,27H,5-6,8-11,13H2,1H3. The van der Waals surface area contributed by atoms with Gasteiger partial charge in [0.1, 0.15) is 17.5 Å². The molecule has 7 nitrogen and oxygen atoms in total. The van der Waals surface area contributed by atoms with E-state index in [1.807, 2.05) is 6.07 Å². The molecule has 1 atom stereocenters. The number of pyridine rings is 1. The highest BCUT2D eigenvalue weighted by Gasteiger charge is 2.27. The number of anilines is 3. The van der Waals surface area contributed by atoms with Crippen molar-refractivity contribution in [2.24, 2.45) is 0 Å². The van der Waals surface area contributed by atoms with E-state index in [2.05, 4.69) is 31.6 Å². The molecule has 2 aliphatic heterocycles. The van der Waals surface area contributed by atoms with Gasteiger partial charge in [-0.3, -0.25) is 0 Å². The van der Waals surface area contributed by atoms with Crippen molar-refractivity contribution in [3.05, 3.63) is 36.4 Å². The Morgan fingerprint density at radius 2 is 1.81 bits per heavy atom. The molecule has 1 unspecified atom stereocenters. The fourth-order valence-corrected chi connectivity index (χ4v) is 3.78. The summed E-state index contributed by atoms with van der Waals surface area (Å²) in [5, 5.41) is 9.70. The Morgan fingerprint density at radius 1 is 1.00 bits per heavy atom. The first-order chi connectivity index (χ1) is 13.1. The van der Waals surface area contributed by atoms with Gasteiger partial charge in [0, 0.05) is 45.0 Å². The van der Waals surface area contributed by atoms with Gasteiger partial charge in [0.25, 0.3) is 0 Å². The molecule has 27 heavy (non-hydrogen) atoms. The number of hydrogen-bond donors (Lipinski definition) is 1. The third-order valence-electron chi connectivity index (χ3n) is 5.33. The van der Waals surface area contributed by atoms with Gasteiger partial charge in [0.15, 0.2) is 0 Å².